The minimum absolute atomic E-state index is 0. The van der Waals surface area contributed by atoms with Crippen molar-refractivity contribution >= 4 is 34.7 Å². The summed E-state index contributed by atoms with van der Waals surface area (Å²) in [6.45, 7) is 0. The van der Waals surface area contributed by atoms with E-state index in [-0.39, 0.29) is 23.1 Å². The van der Waals surface area contributed by atoms with E-state index in [1.165, 1.54) is 0 Å². The molecule has 1 heterocycles. The minimum Gasteiger partial charge on any atom is -0.352 e. The summed E-state index contributed by atoms with van der Waals surface area (Å²) in [5, 5.41) is 0.690. The van der Waals surface area contributed by atoms with Gasteiger partial charge in [-0.2, -0.15) is 0 Å². The summed E-state index contributed by atoms with van der Waals surface area (Å²) in [7, 11) is 0. The van der Waals surface area contributed by atoms with Gasteiger partial charge in [-0.3, -0.25) is 0 Å². The molecule has 32 valence electrons. The van der Waals surface area contributed by atoms with Crippen molar-refractivity contribution in [3.63, 3.8) is 0 Å². The van der Waals surface area contributed by atoms with E-state index in [2.05, 4.69) is 4.98 Å². The molecule has 1 aromatic heterocycles. The van der Waals surface area contributed by atoms with Crippen molar-refractivity contribution in [1.82, 2.24) is 4.98 Å². The van der Waals surface area contributed by atoms with Crippen molar-refractivity contribution in [2.75, 3.05) is 0 Å². The van der Waals surface area contributed by atoms with E-state index in [0.29, 0.717) is 5.15 Å². The second-order valence-corrected chi connectivity index (χ2v) is 1.43. The molecule has 3 heteroatoms. The van der Waals surface area contributed by atoms with Crippen LogP contribution in [0.1, 0.15) is 0 Å². The van der Waals surface area contributed by atoms with Crippen LogP contribution >= 0.6 is 11.6 Å². The predicted octanol–water partition coefficient (Wildman–Crippen LogP) is 1.29. The fourth-order valence-electron chi connectivity index (χ4n) is 0.308. The maximum Gasteiger partial charge on any atom is 2.00 e. The summed E-state index contributed by atoms with van der Waals surface area (Å²) in [6, 6.07) is 3.64. The Kier molecular flexibility index (Phi) is 3.51. The van der Waals surface area contributed by atoms with E-state index in [0.717, 1.165) is 0 Å². The van der Waals surface area contributed by atoms with Crippen molar-refractivity contribution in [3.05, 3.63) is 23.5 Å². The van der Waals surface area contributed by atoms with Crippen molar-refractivity contribution < 1.29 is 0 Å². The van der Waals surface area contributed by atoms with Gasteiger partial charge in [-0.05, 0) is 12.1 Å². The molecule has 0 aliphatic rings. The first-order chi connectivity index (χ1) is 2.89. The molecule has 0 atom stereocenters. The standard InChI is InChI=1S/C4H4ClN.Mg/c5-4-2-1-3-6-4;/h1-3,6H;/q;+2. The second-order valence-electron chi connectivity index (χ2n) is 1.02. The molecule has 0 amide bonds. The molecule has 0 aliphatic heterocycles. The summed E-state index contributed by atoms with van der Waals surface area (Å²) >= 11 is 5.40. The zero-order valence-corrected chi connectivity index (χ0v) is 5.99. The van der Waals surface area contributed by atoms with Crippen LogP contribution in [0.5, 0.6) is 0 Å². The van der Waals surface area contributed by atoms with Gasteiger partial charge in [0.25, 0.3) is 0 Å². The molecule has 7 heavy (non-hydrogen) atoms. The number of hydrogen-bond acceptors (Lipinski definition) is 0. The maximum absolute atomic E-state index is 5.40. The van der Waals surface area contributed by atoms with Crippen molar-refractivity contribution in [1.29, 1.82) is 0 Å². The average molecular weight is 126 g/mol. The number of halogens is 1. The van der Waals surface area contributed by atoms with Gasteiger partial charge in [0.15, 0.2) is 0 Å². The third-order valence-electron chi connectivity index (χ3n) is 0.560. The molecule has 0 spiro atoms. The Morgan fingerprint density at radius 1 is 1.57 bits per heavy atom. The van der Waals surface area contributed by atoms with Gasteiger partial charge in [0.1, 0.15) is 5.15 Å². The predicted molar refractivity (Wildman–Crippen MR) is 31.6 cm³/mol. The number of H-pyrrole nitrogens is 1. The van der Waals surface area contributed by atoms with Gasteiger partial charge < -0.3 is 4.98 Å². The Labute approximate surface area is 63.2 Å². The molecule has 0 bridgehead atoms. The van der Waals surface area contributed by atoms with Crippen LogP contribution < -0.4 is 0 Å². The normalized spacial score (nSPS) is 7.57. The minimum atomic E-state index is 0. The van der Waals surface area contributed by atoms with Crippen LogP contribution in [-0.4, -0.2) is 28.0 Å². The van der Waals surface area contributed by atoms with Crippen molar-refractivity contribution in [2.24, 2.45) is 0 Å². The monoisotopic (exact) mass is 125 g/mol. The molecule has 0 fully saturated rings. The summed E-state index contributed by atoms with van der Waals surface area (Å²) < 4.78 is 0. The van der Waals surface area contributed by atoms with Crippen LogP contribution in [-0.2, 0) is 0 Å². The van der Waals surface area contributed by atoms with Gasteiger partial charge in [0.05, 0.1) is 0 Å². The van der Waals surface area contributed by atoms with Gasteiger partial charge in [-0.15, -0.1) is 0 Å². The molecule has 1 aromatic rings. The Morgan fingerprint density at radius 3 is 2.43 bits per heavy atom. The van der Waals surface area contributed by atoms with Crippen LogP contribution in [0.25, 0.3) is 0 Å². The Morgan fingerprint density at radius 2 is 2.29 bits per heavy atom. The van der Waals surface area contributed by atoms with Crippen molar-refractivity contribution in [2.45, 2.75) is 0 Å². The van der Waals surface area contributed by atoms with Crippen LogP contribution in [0.3, 0.4) is 0 Å². The molecule has 0 saturated carbocycles. The van der Waals surface area contributed by atoms with Crippen LogP contribution in [0.2, 0.25) is 5.15 Å². The van der Waals surface area contributed by atoms with Gasteiger partial charge in [0.2, 0.25) is 0 Å². The van der Waals surface area contributed by atoms with Gasteiger partial charge in [-0.1, -0.05) is 11.6 Å². The molecule has 0 radical (unpaired) electrons. The quantitative estimate of drug-likeness (QED) is 0.504. The first kappa shape index (κ1) is 7.34. The summed E-state index contributed by atoms with van der Waals surface area (Å²) in [6.07, 6.45) is 1.78. The number of nitrogens with one attached hydrogen (secondary N) is 1. The first-order valence-corrected chi connectivity index (χ1v) is 2.06. The van der Waals surface area contributed by atoms with E-state index in [4.69, 9.17) is 11.6 Å². The molecule has 1 N–H and O–H groups in total. The number of hydrogen-bond donors (Lipinski definition) is 1. The second kappa shape index (κ2) is 3.35. The topological polar surface area (TPSA) is 15.8 Å². The number of rotatable bonds is 0. The largest absolute Gasteiger partial charge is 2.00 e. The molecule has 0 saturated heterocycles. The van der Waals surface area contributed by atoms with Crippen molar-refractivity contribution in [3.8, 4) is 0 Å². The fraction of sp³-hybridized carbons (Fsp3) is 0. The molecule has 0 aromatic carbocycles. The third kappa shape index (κ3) is 2.21. The van der Waals surface area contributed by atoms with Crippen LogP contribution in [0, 0.1) is 0 Å². The number of aromatic nitrogens is 1. The van der Waals surface area contributed by atoms with Crippen LogP contribution in [0.4, 0.5) is 0 Å². The van der Waals surface area contributed by atoms with Gasteiger partial charge in [0, 0.05) is 6.20 Å². The molecule has 0 unspecified atom stereocenters. The Bertz CT molecular complexity index is 115. The fourth-order valence-corrected chi connectivity index (χ4v) is 0.444. The maximum atomic E-state index is 5.40. The van der Waals surface area contributed by atoms with E-state index in [1.54, 1.807) is 12.3 Å². The van der Waals surface area contributed by atoms with Gasteiger partial charge in [-0.25, -0.2) is 0 Å². The van der Waals surface area contributed by atoms with E-state index < -0.39 is 0 Å². The Balaban J connectivity index is 0.000000360. The summed E-state index contributed by atoms with van der Waals surface area (Å²) in [5.74, 6) is 0. The zero-order chi connectivity index (χ0) is 4.41. The van der Waals surface area contributed by atoms with E-state index in [1.807, 2.05) is 6.07 Å². The number of aromatic amines is 1. The smallest absolute Gasteiger partial charge is 0.352 e. The van der Waals surface area contributed by atoms with Gasteiger partial charge >= 0.3 is 23.1 Å². The zero-order valence-electron chi connectivity index (χ0n) is 3.82. The van der Waals surface area contributed by atoms with E-state index in [9.17, 15) is 0 Å². The molecule has 1 rings (SSSR count). The molecule has 1 nitrogen and oxygen atoms in total. The average Bonchev–Trinajstić information content (AvgIpc) is 1.86. The molecule has 0 aliphatic carbocycles. The van der Waals surface area contributed by atoms with Crippen LogP contribution in [0.15, 0.2) is 18.3 Å². The first-order valence-electron chi connectivity index (χ1n) is 1.68. The summed E-state index contributed by atoms with van der Waals surface area (Å²) in [4.78, 5) is 2.77. The SMILES string of the molecule is Clc1ccc[nH]1.[Mg+2]. The Hall–Kier alpha value is 0.336. The molecular formula is C4H4ClMgN+2. The molecular weight excluding hydrogens is 122 g/mol. The summed E-state index contributed by atoms with van der Waals surface area (Å²) in [5.41, 5.74) is 0. The van der Waals surface area contributed by atoms with E-state index >= 15 is 0 Å². The third-order valence-corrected chi connectivity index (χ3v) is 0.795.